The quantitative estimate of drug-likeness (QED) is 0.717. The number of hydrogen-bond acceptors (Lipinski definition) is 3. The third-order valence-electron chi connectivity index (χ3n) is 4.89. The Labute approximate surface area is 167 Å². The van der Waals surface area contributed by atoms with Gasteiger partial charge >= 0.3 is 0 Å². The number of anilines is 1. The fourth-order valence-electron chi connectivity index (χ4n) is 3.27. The Kier molecular flexibility index (Phi) is 8.05. The average molecular weight is 383 g/mol. The number of methoxy groups -OCH3 is 1. The lowest BCUT2D eigenvalue weighted by Crippen LogP contribution is -2.38. The molecule has 0 aliphatic rings. The van der Waals surface area contributed by atoms with Gasteiger partial charge in [-0.2, -0.15) is 0 Å². The van der Waals surface area contributed by atoms with Gasteiger partial charge in [0.25, 0.3) is 0 Å². The van der Waals surface area contributed by atoms with Crippen LogP contribution in [0.2, 0.25) is 0 Å². The Morgan fingerprint density at radius 1 is 0.964 bits per heavy atom. The number of ether oxygens (including phenoxy) is 1. The van der Waals surface area contributed by atoms with E-state index in [2.05, 4.69) is 19.2 Å². The predicted molar refractivity (Wildman–Crippen MR) is 113 cm³/mol. The number of hydrogen-bond donors (Lipinski definition) is 1. The van der Waals surface area contributed by atoms with E-state index in [1.807, 2.05) is 42.5 Å². The Morgan fingerprint density at radius 3 is 2.14 bits per heavy atom. The molecule has 0 bridgehead atoms. The molecule has 0 aliphatic carbocycles. The summed E-state index contributed by atoms with van der Waals surface area (Å²) in [6.45, 7) is 6.12. The summed E-state index contributed by atoms with van der Waals surface area (Å²) in [5, 5.41) is 3.03. The van der Waals surface area contributed by atoms with Gasteiger partial charge < -0.3 is 15.0 Å². The number of aryl methyl sites for hydroxylation is 2. The van der Waals surface area contributed by atoms with Crippen molar-refractivity contribution < 1.29 is 14.3 Å². The van der Waals surface area contributed by atoms with Crippen LogP contribution < -0.4 is 10.1 Å². The van der Waals surface area contributed by atoms with Gasteiger partial charge in [-0.1, -0.05) is 50.2 Å². The van der Waals surface area contributed by atoms with Crippen LogP contribution in [0.3, 0.4) is 0 Å². The molecule has 2 amide bonds. The lowest BCUT2D eigenvalue weighted by Gasteiger charge is -2.22. The monoisotopic (exact) mass is 382 g/mol. The first-order chi connectivity index (χ1) is 13.5. The summed E-state index contributed by atoms with van der Waals surface area (Å²) in [6, 6.07) is 13.8. The highest BCUT2D eigenvalue weighted by Crippen LogP contribution is 2.23. The number of rotatable bonds is 9. The van der Waals surface area contributed by atoms with Gasteiger partial charge in [-0.3, -0.25) is 9.59 Å². The van der Waals surface area contributed by atoms with Crippen molar-refractivity contribution in [2.75, 3.05) is 25.5 Å². The Bertz CT molecular complexity index is 795. The first-order valence-electron chi connectivity index (χ1n) is 9.78. The van der Waals surface area contributed by atoms with Crippen molar-refractivity contribution in [3.8, 4) is 5.75 Å². The van der Waals surface area contributed by atoms with Crippen molar-refractivity contribution >= 4 is 17.5 Å². The summed E-state index contributed by atoms with van der Waals surface area (Å²) in [4.78, 5) is 26.3. The van der Waals surface area contributed by atoms with Gasteiger partial charge in [-0.15, -0.1) is 0 Å². The number of nitrogens with zero attached hydrogens (tertiary/aromatic N) is 1. The largest absolute Gasteiger partial charge is 0.496 e. The fourth-order valence-corrected chi connectivity index (χ4v) is 3.27. The topological polar surface area (TPSA) is 58.6 Å². The highest BCUT2D eigenvalue weighted by molar-refractivity contribution is 5.95. The zero-order valence-electron chi connectivity index (χ0n) is 17.2. The summed E-state index contributed by atoms with van der Waals surface area (Å²) >= 11 is 0. The fraction of sp³-hybridized carbons (Fsp3) is 0.391. The molecule has 1 N–H and O–H groups in total. The van der Waals surface area contributed by atoms with Crippen LogP contribution in [0.1, 0.15) is 37.5 Å². The molecule has 0 atom stereocenters. The maximum absolute atomic E-state index is 12.7. The van der Waals surface area contributed by atoms with E-state index in [4.69, 9.17) is 4.74 Å². The minimum Gasteiger partial charge on any atom is -0.496 e. The molecule has 5 heteroatoms. The van der Waals surface area contributed by atoms with E-state index in [0.717, 1.165) is 41.0 Å². The Balaban J connectivity index is 2.06. The van der Waals surface area contributed by atoms with E-state index in [-0.39, 0.29) is 18.4 Å². The first-order valence-corrected chi connectivity index (χ1v) is 9.78. The van der Waals surface area contributed by atoms with E-state index in [1.54, 1.807) is 12.0 Å². The third-order valence-corrected chi connectivity index (χ3v) is 4.89. The van der Waals surface area contributed by atoms with Crippen LogP contribution >= 0.6 is 0 Å². The third kappa shape index (κ3) is 5.59. The van der Waals surface area contributed by atoms with Crippen molar-refractivity contribution in [2.24, 2.45) is 0 Å². The number of para-hydroxylation sites is 2. The van der Waals surface area contributed by atoms with Gasteiger partial charge in [0.05, 0.1) is 13.7 Å². The minimum absolute atomic E-state index is 0.0334. The van der Waals surface area contributed by atoms with Crippen LogP contribution in [0, 0.1) is 0 Å². The second-order valence-electron chi connectivity index (χ2n) is 6.71. The Hall–Kier alpha value is -2.82. The highest BCUT2D eigenvalue weighted by Gasteiger charge is 2.16. The van der Waals surface area contributed by atoms with Crippen molar-refractivity contribution in [3.05, 3.63) is 59.2 Å². The first kappa shape index (κ1) is 21.5. The van der Waals surface area contributed by atoms with Crippen molar-refractivity contribution in [1.29, 1.82) is 0 Å². The summed E-state index contributed by atoms with van der Waals surface area (Å²) in [7, 11) is 1.63. The predicted octanol–water partition coefficient (Wildman–Crippen LogP) is 3.85. The summed E-state index contributed by atoms with van der Waals surface area (Å²) < 4.78 is 5.37. The van der Waals surface area contributed by atoms with Crippen LogP contribution in [-0.2, 0) is 28.9 Å². The number of nitrogens with one attached hydrogen (secondary N) is 1. The van der Waals surface area contributed by atoms with E-state index in [1.165, 1.54) is 6.92 Å². The van der Waals surface area contributed by atoms with Gasteiger partial charge in [0.1, 0.15) is 5.75 Å². The molecule has 0 aliphatic heterocycles. The summed E-state index contributed by atoms with van der Waals surface area (Å²) in [6.07, 6.45) is 2.31. The number of amides is 2. The highest BCUT2D eigenvalue weighted by atomic mass is 16.5. The van der Waals surface area contributed by atoms with Crippen LogP contribution in [0.15, 0.2) is 42.5 Å². The molecule has 0 saturated carbocycles. The van der Waals surface area contributed by atoms with Crippen LogP contribution in [0.4, 0.5) is 5.69 Å². The second kappa shape index (κ2) is 10.5. The van der Waals surface area contributed by atoms with Gasteiger partial charge in [-0.25, -0.2) is 0 Å². The molecule has 0 fully saturated rings. The normalized spacial score (nSPS) is 10.4. The molecular formula is C23H30N2O3. The zero-order chi connectivity index (χ0) is 20.5. The van der Waals surface area contributed by atoms with Crippen LogP contribution in [-0.4, -0.2) is 36.9 Å². The second-order valence-corrected chi connectivity index (χ2v) is 6.71. The molecule has 2 aromatic rings. The lowest BCUT2D eigenvalue weighted by atomic mass is 10.0. The zero-order valence-corrected chi connectivity index (χ0v) is 17.2. The average Bonchev–Trinajstić information content (AvgIpc) is 2.71. The van der Waals surface area contributed by atoms with Gasteiger partial charge in [0.15, 0.2) is 0 Å². The number of carbonyl (C=O) groups excluding carboxylic acids is 2. The standard InChI is InChI=1S/C23H30N2O3/c1-5-18-11-9-12-19(6-2)23(18)24-22(27)16-25(17(3)26)15-14-20-10-7-8-13-21(20)28-4/h7-13H,5-6,14-16H2,1-4H3,(H,24,27). The molecule has 28 heavy (non-hydrogen) atoms. The molecule has 0 saturated heterocycles. The smallest absolute Gasteiger partial charge is 0.244 e. The lowest BCUT2D eigenvalue weighted by molar-refractivity contribution is -0.132. The van der Waals surface area contributed by atoms with Crippen molar-refractivity contribution in [1.82, 2.24) is 4.90 Å². The maximum Gasteiger partial charge on any atom is 0.244 e. The van der Waals surface area contributed by atoms with E-state index < -0.39 is 0 Å². The molecule has 0 unspecified atom stereocenters. The molecule has 150 valence electrons. The van der Waals surface area contributed by atoms with Crippen molar-refractivity contribution in [3.63, 3.8) is 0 Å². The van der Waals surface area contributed by atoms with E-state index in [9.17, 15) is 9.59 Å². The van der Waals surface area contributed by atoms with E-state index in [0.29, 0.717) is 13.0 Å². The molecule has 2 rings (SSSR count). The van der Waals surface area contributed by atoms with Crippen molar-refractivity contribution in [2.45, 2.75) is 40.0 Å². The molecule has 0 aromatic heterocycles. The molecule has 0 heterocycles. The van der Waals surface area contributed by atoms with Crippen LogP contribution in [0.25, 0.3) is 0 Å². The maximum atomic E-state index is 12.7. The summed E-state index contributed by atoms with van der Waals surface area (Å²) in [5.74, 6) is 0.496. The molecule has 0 radical (unpaired) electrons. The molecular weight excluding hydrogens is 352 g/mol. The molecule has 2 aromatic carbocycles. The van der Waals surface area contributed by atoms with Crippen LogP contribution in [0.5, 0.6) is 5.75 Å². The number of carbonyl (C=O) groups is 2. The summed E-state index contributed by atoms with van der Waals surface area (Å²) in [5.41, 5.74) is 4.11. The van der Waals surface area contributed by atoms with Gasteiger partial charge in [0.2, 0.25) is 11.8 Å². The van der Waals surface area contributed by atoms with E-state index >= 15 is 0 Å². The SMILES string of the molecule is CCc1cccc(CC)c1NC(=O)CN(CCc1ccccc1OC)C(C)=O. The molecule has 0 spiro atoms. The number of benzene rings is 2. The van der Waals surface area contributed by atoms with Gasteiger partial charge in [0, 0.05) is 19.2 Å². The Morgan fingerprint density at radius 2 is 1.57 bits per heavy atom. The van der Waals surface area contributed by atoms with Gasteiger partial charge in [-0.05, 0) is 42.0 Å². The minimum atomic E-state index is -0.175. The molecule has 5 nitrogen and oxygen atoms in total.